The van der Waals surface area contributed by atoms with E-state index in [0.717, 1.165) is 31.4 Å². The number of hydrogen-bond donors (Lipinski definition) is 1. The average molecular weight is 356 g/mol. The van der Waals surface area contributed by atoms with Crippen molar-refractivity contribution >= 4 is 15.9 Å². The molecule has 1 N–H and O–H groups in total. The molecule has 2 fully saturated rings. The molecular weight excluding hydrogens is 332 g/mol. The van der Waals surface area contributed by atoms with Gasteiger partial charge in [0.25, 0.3) is 0 Å². The van der Waals surface area contributed by atoms with E-state index in [9.17, 15) is 13.2 Å². The number of urea groups is 1. The summed E-state index contributed by atoms with van der Waals surface area (Å²) in [4.78, 5) is 14.2. The molecule has 0 saturated carbocycles. The zero-order valence-corrected chi connectivity index (χ0v) is 14.7. The summed E-state index contributed by atoms with van der Waals surface area (Å²) in [7, 11) is -1.39. The number of carbonyl (C=O) groups excluding carboxylic acids is 1. The Kier molecular flexibility index (Phi) is 5.09. The number of nitrogens with zero attached hydrogens (tertiary/aromatic N) is 3. The van der Waals surface area contributed by atoms with Crippen LogP contribution in [0.25, 0.3) is 0 Å². The van der Waals surface area contributed by atoms with E-state index in [1.807, 2.05) is 0 Å². The number of ether oxygens (including phenoxy) is 1. The average Bonchev–Trinajstić information content (AvgIpc) is 2.99. The molecule has 8 nitrogen and oxygen atoms in total. The Bertz CT molecular complexity index is 681. The lowest BCUT2D eigenvalue weighted by molar-refractivity contribution is 0.0175. The Labute approximate surface area is 142 Å². The summed E-state index contributed by atoms with van der Waals surface area (Å²) in [6, 6.07) is -0.738. The molecule has 0 aromatic carbocycles. The molecule has 0 bridgehead atoms. The van der Waals surface area contributed by atoms with Crippen LogP contribution in [0.4, 0.5) is 4.79 Å². The summed E-state index contributed by atoms with van der Waals surface area (Å²) < 4.78 is 31.3. The van der Waals surface area contributed by atoms with Crippen molar-refractivity contribution in [3.63, 3.8) is 0 Å². The number of rotatable bonds is 3. The first-order valence-electron chi connectivity index (χ1n) is 8.30. The highest BCUT2D eigenvalue weighted by Crippen LogP contribution is 2.26. The van der Waals surface area contributed by atoms with Gasteiger partial charge in [-0.2, -0.15) is 5.10 Å². The molecule has 2 atom stereocenters. The van der Waals surface area contributed by atoms with E-state index >= 15 is 0 Å². The molecule has 3 heterocycles. The number of carbonyl (C=O) groups is 1. The summed E-state index contributed by atoms with van der Waals surface area (Å²) in [6.45, 7) is 1.39. The van der Waals surface area contributed by atoms with Gasteiger partial charge in [0.05, 0.1) is 29.8 Å². The molecule has 2 saturated heterocycles. The van der Waals surface area contributed by atoms with Gasteiger partial charge in [0.1, 0.15) is 0 Å². The Hall–Kier alpha value is -1.61. The SMILES string of the molecule is Cn1cc([C@H]2CS(=O)(=O)CCN2C(=O)NC[C@H]2CCCCO2)cn1. The lowest BCUT2D eigenvalue weighted by Gasteiger charge is -2.35. The lowest BCUT2D eigenvalue weighted by Crippen LogP contribution is -2.51. The Morgan fingerprint density at radius 2 is 2.29 bits per heavy atom. The minimum Gasteiger partial charge on any atom is -0.376 e. The third kappa shape index (κ3) is 4.07. The molecule has 9 heteroatoms. The maximum absolute atomic E-state index is 12.6. The maximum atomic E-state index is 12.6. The van der Waals surface area contributed by atoms with E-state index < -0.39 is 15.9 Å². The second-order valence-corrected chi connectivity index (χ2v) is 8.67. The molecule has 2 aliphatic rings. The molecule has 134 valence electrons. The number of hydrogen-bond acceptors (Lipinski definition) is 5. The zero-order chi connectivity index (χ0) is 17.2. The predicted octanol–water partition coefficient (Wildman–Crippen LogP) is 0.470. The highest BCUT2D eigenvalue weighted by atomic mass is 32.2. The first-order chi connectivity index (χ1) is 11.4. The number of aromatic nitrogens is 2. The van der Waals surface area contributed by atoms with Crippen molar-refractivity contribution in [2.45, 2.75) is 31.4 Å². The van der Waals surface area contributed by atoms with Crippen molar-refractivity contribution in [3.8, 4) is 0 Å². The van der Waals surface area contributed by atoms with Crippen molar-refractivity contribution < 1.29 is 17.9 Å². The Morgan fingerprint density at radius 3 is 2.96 bits per heavy atom. The van der Waals surface area contributed by atoms with Gasteiger partial charge in [-0.05, 0) is 19.3 Å². The summed E-state index contributed by atoms with van der Waals surface area (Å²) in [5, 5.41) is 6.99. The van der Waals surface area contributed by atoms with Gasteiger partial charge in [-0.1, -0.05) is 0 Å². The fraction of sp³-hybridized carbons (Fsp3) is 0.733. The first-order valence-corrected chi connectivity index (χ1v) is 10.1. The van der Waals surface area contributed by atoms with Crippen LogP contribution in [0, 0.1) is 0 Å². The van der Waals surface area contributed by atoms with Gasteiger partial charge in [-0.3, -0.25) is 4.68 Å². The van der Waals surface area contributed by atoms with Crippen LogP contribution in [-0.4, -0.2) is 66.4 Å². The van der Waals surface area contributed by atoms with Crippen LogP contribution in [0.5, 0.6) is 0 Å². The van der Waals surface area contributed by atoms with E-state index in [1.165, 1.54) is 0 Å². The van der Waals surface area contributed by atoms with Gasteiger partial charge in [0, 0.05) is 38.5 Å². The molecule has 2 amide bonds. The third-order valence-corrected chi connectivity index (χ3v) is 6.18. The van der Waals surface area contributed by atoms with Crippen LogP contribution in [0.15, 0.2) is 12.4 Å². The highest BCUT2D eigenvalue weighted by Gasteiger charge is 2.36. The van der Waals surface area contributed by atoms with E-state index in [0.29, 0.717) is 6.54 Å². The Morgan fingerprint density at radius 1 is 1.46 bits per heavy atom. The summed E-state index contributed by atoms with van der Waals surface area (Å²) in [6.07, 6.45) is 6.55. The first kappa shape index (κ1) is 17.2. The Balaban J connectivity index is 1.67. The monoisotopic (exact) mass is 356 g/mol. The quantitative estimate of drug-likeness (QED) is 0.850. The fourth-order valence-electron chi connectivity index (χ4n) is 3.21. The second kappa shape index (κ2) is 7.10. The number of sulfone groups is 1. The van der Waals surface area contributed by atoms with Gasteiger partial charge in [0.15, 0.2) is 9.84 Å². The largest absolute Gasteiger partial charge is 0.376 e. The topological polar surface area (TPSA) is 93.5 Å². The minimum atomic E-state index is -3.16. The smallest absolute Gasteiger partial charge is 0.318 e. The maximum Gasteiger partial charge on any atom is 0.318 e. The molecule has 0 aliphatic carbocycles. The van der Waals surface area contributed by atoms with Crippen LogP contribution in [-0.2, 0) is 21.6 Å². The summed E-state index contributed by atoms with van der Waals surface area (Å²) in [5.41, 5.74) is 0.741. The summed E-state index contributed by atoms with van der Waals surface area (Å²) >= 11 is 0. The molecule has 3 rings (SSSR count). The van der Waals surface area contributed by atoms with E-state index in [1.54, 1.807) is 29.0 Å². The van der Waals surface area contributed by atoms with Crippen molar-refractivity contribution in [2.24, 2.45) is 7.05 Å². The number of amides is 2. The minimum absolute atomic E-state index is 0.00287. The molecule has 0 spiro atoms. The van der Waals surface area contributed by atoms with E-state index in [4.69, 9.17) is 4.74 Å². The van der Waals surface area contributed by atoms with Gasteiger partial charge in [-0.25, -0.2) is 13.2 Å². The molecule has 2 aliphatic heterocycles. The fourth-order valence-corrected chi connectivity index (χ4v) is 4.70. The number of nitrogens with one attached hydrogen (secondary N) is 1. The molecular formula is C15H24N4O4S. The van der Waals surface area contributed by atoms with Crippen LogP contribution in [0.3, 0.4) is 0 Å². The summed E-state index contributed by atoms with van der Waals surface area (Å²) in [5.74, 6) is -0.0663. The lowest BCUT2D eigenvalue weighted by atomic mass is 10.1. The van der Waals surface area contributed by atoms with Crippen LogP contribution >= 0.6 is 0 Å². The van der Waals surface area contributed by atoms with Gasteiger partial charge < -0.3 is 15.0 Å². The zero-order valence-electron chi connectivity index (χ0n) is 13.8. The van der Waals surface area contributed by atoms with Crippen LogP contribution < -0.4 is 5.32 Å². The molecule has 1 aromatic rings. The highest BCUT2D eigenvalue weighted by molar-refractivity contribution is 7.91. The number of aryl methyl sites for hydroxylation is 1. The van der Waals surface area contributed by atoms with Crippen LogP contribution in [0.2, 0.25) is 0 Å². The molecule has 1 aromatic heterocycles. The van der Waals surface area contributed by atoms with E-state index in [-0.39, 0.29) is 30.2 Å². The van der Waals surface area contributed by atoms with Crippen molar-refractivity contribution in [3.05, 3.63) is 18.0 Å². The van der Waals surface area contributed by atoms with Gasteiger partial charge >= 0.3 is 6.03 Å². The van der Waals surface area contributed by atoms with Crippen molar-refractivity contribution in [1.29, 1.82) is 0 Å². The molecule has 0 radical (unpaired) electrons. The van der Waals surface area contributed by atoms with Gasteiger partial charge in [0.2, 0.25) is 0 Å². The third-order valence-electron chi connectivity index (χ3n) is 4.56. The second-order valence-electron chi connectivity index (χ2n) is 6.45. The predicted molar refractivity (Wildman–Crippen MR) is 88.3 cm³/mol. The van der Waals surface area contributed by atoms with Gasteiger partial charge in [-0.15, -0.1) is 0 Å². The molecule has 0 unspecified atom stereocenters. The van der Waals surface area contributed by atoms with E-state index in [2.05, 4.69) is 10.4 Å². The molecule has 24 heavy (non-hydrogen) atoms. The standard InChI is InChI=1S/C15H24N4O4S/c1-18-10-12(8-17-18)14-11-24(21,22)7-5-19(14)15(20)16-9-13-4-2-3-6-23-13/h8,10,13-14H,2-7,9,11H2,1H3,(H,16,20)/t13-,14-/m1/s1. The van der Waals surface area contributed by atoms with Crippen LogP contribution in [0.1, 0.15) is 30.9 Å². The van der Waals surface area contributed by atoms with Crippen molar-refractivity contribution in [2.75, 3.05) is 31.2 Å². The normalized spacial score (nSPS) is 27.0. The van der Waals surface area contributed by atoms with Crippen molar-refractivity contribution in [1.82, 2.24) is 20.0 Å².